The fourth-order valence-corrected chi connectivity index (χ4v) is 2.62. The maximum Gasteiger partial charge on any atom is 0.254 e. The molecule has 0 aliphatic carbocycles. The number of hydrogen-bond donors (Lipinski definition) is 2. The highest BCUT2D eigenvalue weighted by molar-refractivity contribution is 7.13. The van der Waals surface area contributed by atoms with Gasteiger partial charge in [0.2, 0.25) is 0 Å². The van der Waals surface area contributed by atoms with Crippen LogP contribution < -0.4 is 11.1 Å². The number of nitrogens with zero attached hydrogens (tertiary/aromatic N) is 3. The number of anilines is 1. The molecule has 1 amide bonds. The van der Waals surface area contributed by atoms with Crippen LogP contribution in [-0.4, -0.2) is 27.4 Å². The summed E-state index contributed by atoms with van der Waals surface area (Å²) in [6.07, 6.45) is 3.71. The molecule has 0 saturated heterocycles. The highest BCUT2D eigenvalue weighted by Crippen LogP contribution is 2.13. The number of rotatable bonds is 5. The Balaban J connectivity index is 1.57. The van der Waals surface area contributed by atoms with Crippen molar-refractivity contribution >= 4 is 22.4 Å². The van der Waals surface area contributed by atoms with Gasteiger partial charge in [-0.05, 0) is 0 Å². The largest absolute Gasteiger partial charge is 0.375 e. The molecule has 0 unspecified atom stereocenters. The molecule has 6 nitrogen and oxygen atoms in total. The SMILES string of the molecule is Nc1nc(CCNC(=O)c2cnc(-c3ccccc3)nc2)cs1. The van der Waals surface area contributed by atoms with Gasteiger partial charge in [-0.1, -0.05) is 30.3 Å². The maximum atomic E-state index is 12.1. The van der Waals surface area contributed by atoms with Gasteiger partial charge in [0.25, 0.3) is 5.91 Å². The summed E-state index contributed by atoms with van der Waals surface area (Å²) >= 11 is 1.39. The van der Waals surface area contributed by atoms with Gasteiger partial charge in [0.05, 0.1) is 11.3 Å². The second-order valence-corrected chi connectivity index (χ2v) is 5.73. The Kier molecular flexibility index (Phi) is 4.58. The van der Waals surface area contributed by atoms with E-state index in [2.05, 4.69) is 20.3 Å². The number of amides is 1. The molecule has 0 fully saturated rings. The Bertz CT molecular complexity index is 786. The van der Waals surface area contributed by atoms with Crippen molar-refractivity contribution in [3.8, 4) is 11.4 Å². The van der Waals surface area contributed by atoms with Crippen LogP contribution in [0, 0.1) is 0 Å². The van der Waals surface area contributed by atoms with E-state index >= 15 is 0 Å². The van der Waals surface area contributed by atoms with E-state index in [1.54, 1.807) is 0 Å². The van der Waals surface area contributed by atoms with Crippen molar-refractivity contribution in [1.82, 2.24) is 20.3 Å². The van der Waals surface area contributed by atoms with Gasteiger partial charge in [-0.2, -0.15) is 0 Å². The minimum Gasteiger partial charge on any atom is -0.375 e. The van der Waals surface area contributed by atoms with Crippen LogP contribution in [0.1, 0.15) is 16.1 Å². The Labute approximate surface area is 137 Å². The van der Waals surface area contributed by atoms with Crippen LogP contribution in [0.15, 0.2) is 48.1 Å². The Morgan fingerprint density at radius 2 is 1.91 bits per heavy atom. The van der Waals surface area contributed by atoms with Crippen molar-refractivity contribution in [2.24, 2.45) is 0 Å². The number of aromatic nitrogens is 3. The van der Waals surface area contributed by atoms with E-state index in [1.807, 2.05) is 35.7 Å². The molecule has 3 rings (SSSR count). The molecule has 2 heterocycles. The molecule has 0 aliphatic rings. The van der Waals surface area contributed by atoms with Gasteiger partial charge >= 0.3 is 0 Å². The van der Waals surface area contributed by atoms with Gasteiger partial charge in [0.15, 0.2) is 11.0 Å². The summed E-state index contributed by atoms with van der Waals surface area (Å²) in [6, 6.07) is 9.62. The average molecular weight is 325 g/mol. The minimum atomic E-state index is -0.201. The third-order valence-electron chi connectivity index (χ3n) is 3.18. The first-order valence-corrected chi connectivity index (χ1v) is 7.96. The maximum absolute atomic E-state index is 12.1. The van der Waals surface area contributed by atoms with Crippen LogP contribution >= 0.6 is 11.3 Å². The summed E-state index contributed by atoms with van der Waals surface area (Å²) in [5.74, 6) is 0.396. The summed E-state index contributed by atoms with van der Waals surface area (Å²) < 4.78 is 0. The lowest BCUT2D eigenvalue weighted by molar-refractivity contribution is 0.0953. The van der Waals surface area contributed by atoms with E-state index in [9.17, 15) is 4.79 Å². The minimum absolute atomic E-state index is 0.201. The van der Waals surface area contributed by atoms with Gasteiger partial charge in [0, 0.05) is 36.3 Å². The van der Waals surface area contributed by atoms with Crippen molar-refractivity contribution in [1.29, 1.82) is 0 Å². The molecule has 0 bridgehead atoms. The molecule has 116 valence electrons. The molecule has 1 aromatic carbocycles. The first-order chi connectivity index (χ1) is 11.2. The van der Waals surface area contributed by atoms with Crippen LogP contribution in [-0.2, 0) is 6.42 Å². The number of benzene rings is 1. The van der Waals surface area contributed by atoms with E-state index < -0.39 is 0 Å². The lowest BCUT2D eigenvalue weighted by Gasteiger charge is -2.04. The zero-order valence-electron chi connectivity index (χ0n) is 12.3. The van der Waals surface area contributed by atoms with Crippen LogP contribution in [0.4, 0.5) is 5.13 Å². The topological polar surface area (TPSA) is 93.8 Å². The van der Waals surface area contributed by atoms with Crippen LogP contribution in [0.5, 0.6) is 0 Å². The molecule has 3 aromatic rings. The van der Waals surface area contributed by atoms with Crippen molar-refractivity contribution in [3.63, 3.8) is 0 Å². The second-order valence-electron chi connectivity index (χ2n) is 4.84. The molecular formula is C16H15N5OS. The number of nitrogens with one attached hydrogen (secondary N) is 1. The first kappa shape index (κ1) is 15.1. The quantitative estimate of drug-likeness (QED) is 0.749. The fraction of sp³-hybridized carbons (Fsp3) is 0.125. The monoisotopic (exact) mass is 325 g/mol. The summed E-state index contributed by atoms with van der Waals surface area (Å²) in [6.45, 7) is 0.489. The normalized spacial score (nSPS) is 10.4. The highest BCUT2D eigenvalue weighted by atomic mass is 32.1. The molecule has 0 saturated carbocycles. The van der Waals surface area contributed by atoms with Crippen LogP contribution in [0.25, 0.3) is 11.4 Å². The molecule has 2 aromatic heterocycles. The molecule has 0 radical (unpaired) electrons. The van der Waals surface area contributed by atoms with Crippen LogP contribution in [0.2, 0.25) is 0 Å². The number of thiazole rings is 1. The third-order valence-corrected chi connectivity index (χ3v) is 3.90. The van der Waals surface area contributed by atoms with Crippen molar-refractivity contribution in [2.45, 2.75) is 6.42 Å². The summed E-state index contributed by atoms with van der Waals surface area (Å²) in [5, 5.41) is 5.25. The standard InChI is InChI=1S/C16H15N5OS/c17-16-21-13(10-23-16)6-7-18-15(22)12-8-19-14(20-9-12)11-4-2-1-3-5-11/h1-5,8-10H,6-7H2,(H2,17,21)(H,18,22). The number of carbonyl (C=O) groups excluding carboxylic acids is 1. The lowest BCUT2D eigenvalue weighted by Crippen LogP contribution is -2.26. The summed E-state index contributed by atoms with van der Waals surface area (Å²) in [4.78, 5) is 24.7. The third kappa shape index (κ3) is 3.89. The lowest BCUT2D eigenvalue weighted by atomic mass is 10.2. The molecule has 0 spiro atoms. The predicted octanol–water partition coefficient (Wildman–Crippen LogP) is 2.15. The Morgan fingerprint density at radius 1 is 1.17 bits per heavy atom. The number of nitrogen functional groups attached to an aromatic ring is 1. The summed E-state index contributed by atoms with van der Waals surface area (Å²) in [7, 11) is 0. The van der Waals surface area contributed by atoms with Crippen molar-refractivity contribution in [2.75, 3.05) is 12.3 Å². The van der Waals surface area contributed by atoms with Crippen LogP contribution in [0.3, 0.4) is 0 Å². The summed E-state index contributed by atoms with van der Waals surface area (Å²) in [5.41, 5.74) is 7.80. The van der Waals surface area contributed by atoms with E-state index in [-0.39, 0.29) is 5.91 Å². The number of hydrogen-bond acceptors (Lipinski definition) is 6. The van der Waals surface area contributed by atoms with Gasteiger partial charge < -0.3 is 11.1 Å². The molecule has 0 atom stereocenters. The van der Waals surface area contributed by atoms with E-state index in [1.165, 1.54) is 23.7 Å². The average Bonchev–Trinajstić information content (AvgIpc) is 3.01. The highest BCUT2D eigenvalue weighted by Gasteiger charge is 2.08. The molecule has 23 heavy (non-hydrogen) atoms. The Morgan fingerprint density at radius 3 is 2.57 bits per heavy atom. The second kappa shape index (κ2) is 6.97. The molecule has 0 aliphatic heterocycles. The zero-order chi connectivity index (χ0) is 16.1. The van der Waals surface area contributed by atoms with Gasteiger partial charge in [-0.3, -0.25) is 4.79 Å². The molecule has 3 N–H and O–H groups in total. The van der Waals surface area contributed by atoms with Gasteiger partial charge in [-0.15, -0.1) is 11.3 Å². The van der Waals surface area contributed by atoms with Gasteiger partial charge in [0.1, 0.15) is 0 Å². The van der Waals surface area contributed by atoms with Crippen molar-refractivity contribution < 1.29 is 4.79 Å². The smallest absolute Gasteiger partial charge is 0.254 e. The zero-order valence-corrected chi connectivity index (χ0v) is 13.1. The predicted molar refractivity (Wildman–Crippen MR) is 90.0 cm³/mol. The number of nitrogens with two attached hydrogens (primary N) is 1. The first-order valence-electron chi connectivity index (χ1n) is 7.08. The van der Waals surface area contributed by atoms with E-state index in [0.29, 0.717) is 29.5 Å². The van der Waals surface area contributed by atoms with E-state index in [4.69, 9.17) is 5.73 Å². The molecule has 7 heteroatoms. The van der Waals surface area contributed by atoms with E-state index in [0.717, 1.165) is 11.3 Å². The van der Waals surface area contributed by atoms with Crippen molar-refractivity contribution in [3.05, 3.63) is 59.4 Å². The van der Waals surface area contributed by atoms with Gasteiger partial charge in [-0.25, -0.2) is 15.0 Å². The Hall–Kier alpha value is -2.80. The number of carbonyl (C=O) groups is 1. The molecular weight excluding hydrogens is 310 g/mol. The fourth-order valence-electron chi connectivity index (χ4n) is 2.03.